The van der Waals surface area contributed by atoms with Crippen molar-refractivity contribution in [2.24, 2.45) is 5.41 Å². The molecule has 0 aromatic heterocycles. The summed E-state index contributed by atoms with van der Waals surface area (Å²) < 4.78 is 192. The van der Waals surface area contributed by atoms with Crippen molar-refractivity contribution in [3.63, 3.8) is 0 Å². The maximum Gasteiger partial charge on any atom is 0.384 e. The Balaban J connectivity index is 6.52. The highest BCUT2D eigenvalue weighted by atomic mass is 19.4. The van der Waals surface area contributed by atoms with Crippen molar-refractivity contribution in [1.29, 1.82) is 0 Å². The lowest BCUT2D eigenvalue weighted by Gasteiger charge is -2.41. The molecule has 296 valence electrons. The molecule has 0 aromatic rings. The Hall–Kier alpha value is -3.29. The van der Waals surface area contributed by atoms with E-state index >= 15 is 0 Å². The Morgan fingerprint density at radius 1 is 0.549 bits per heavy atom. The molecule has 20 heteroatoms. The van der Waals surface area contributed by atoms with E-state index in [0.717, 1.165) is 13.8 Å². The summed E-state index contributed by atoms with van der Waals surface area (Å²) in [5.74, 6) is -46.8. The van der Waals surface area contributed by atoms with Crippen LogP contribution in [0.4, 0.5) is 52.7 Å². The van der Waals surface area contributed by atoms with E-state index in [1.54, 1.807) is 6.92 Å². The summed E-state index contributed by atoms with van der Waals surface area (Å²) in [7, 11) is 0. The van der Waals surface area contributed by atoms with Gasteiger partial charge in [0.25, 0.3) is 0 Å². The van der Waals surface area contributed by atoms with Crippen LogP contribution in [0.3, 0.4) is 0 Å². The van der Waals surface area contributed by atoms with Gasteiger partial charge in [0.2, 0.25) is 0 Å². The monoisotopic (exact) mass is 768 g/mol. The van der Waals surface area contributed by atoms with Gasteiger partial charge in [-0.3, -0.25) is 0 Å². The van der Waals surface area contributed by atoms with Crippen molar-refractivity contribution in [2.75, 3.05) is 39.6 Å². The van der Waals surface area contributed by atoms with Gasteiger partial charge in [0, 0.05) is 17.6 Å². The van der Waals surface area contributed by atoms with Gasteiger partial charge in [0.1, 0.15) is 26.4 Å². The van der Waals surface area contributed by atoms with Crippen molar-refractivity contribution in [3.05, 3.63) is 36.5 Å². The van der Waals surface area contributed by atoms with E-state index in [-0.39, 0.29) is 24.0 Å². The molecule has 0 aromatic carbocycles. The lowest BCUT2D eigenvalue weighted by Crippen LogP contribution is -2.71. The van der Waals surface area contributed by atoms with E-state index in [9.17, 15) is 67.1 Å². The van der Waals surface area contributed by atoms with Gasteiger partial charge >= 0.3 is 53.4 Å². The minimum atomic E-state index is -7.84. The van der Waals surface area contributed by atoms with E-state index < -0.39 is 117 Å². The normalized spacial score (nSPS) is 13.4. The minimum Gasteiger partial charge on any atom is -0.461 e. The molecule has 0 aliphatic rings. The fourth-order valence-corrected chi connectivity index (χ4v) is 3.77. The van der Waals surface area contributed by atoms with Crippen LogP contribution >= 0.6 is 0 Å². The number of rotatable bonds is 25. The number of carbonyl (C=O) groups excluding carboxylic acids is 3. The lowest BCUT2D eigenvalue weighted by atomic mass is 9.89. The molecule has 0 bridgehead atoms. The zero-order chi connectivity index (χ0) is 40.3. The number of unbranched alkanes of at least 4 members (excludes halogenated alkanes) is 4. The van der Waals surface area contributed by atoms with Crippen LogP contribution in [0.1, 0.15) is 59.3 Å². The Labute approximate surface area is 285 Å². The van der Waals surface area contributed by atoms with Gasteiger partial charge in [-0.1, -0.05) is 52.3 Å². The molecule has 1 N–H and O–H groups in total. The second-order valence-corrected chi connectivity index (χ2v) is 11.9. The first-order valence-electron chi connectivity index (χ1n) is 15.0. The summed E-state index contributed by atoms with van der Waals surface area (Å²) in [6.45, 7) is 4.34. The van der Waals surface area contributed by atoms with Crippen molar-refractivity contribution in [1.82, 2.24) is 0 Å². The van der Waals surface area contributed by atoms with Crippen LogP contribution in [-0.2, 0) is 33.3 Å². The van der Waals surface area contributed by atoms with Gasteiger partial charge in [-0.25, -0.2) is 14.4 Å². The van der Waals surface area contributed by atoms with Crippen LogP contribution in [0.5, 0.6) is 0 Å². The molecule has 0 aliphatic heterocycles. The van der Waals surface area contributed by atoms with Crippen LogP contribution in [-0.4, -0.2) is 98.2 Å². The first-order chi connectivity index (χ1) is 23.0. The summed E-state index contributed by atoms with van der Waals surface area (Å²) in [5, 5.41) is 9.06. The van der Waals surface area contributed by atoms with Gasteiger partial charge in [-0.05, 0) is 20.3 Å². The Morgan fingerprint density at radius 2 is 0.941 bits per heavy atom. The highest BCUT2D eigenvalue weighted by Gasteiger charge is 2.89. The predicted molar refractivity (Wildman–Crippen MR) is 155 cm³/mol. The number of hydrogen-bond acceptors (Lipinski definition) is 8. The first kappa shape index (κ1) is 47.7. The molecule has 0 atom stereocenters. The third-order valence-electron chi connectivity index (χ3n) is 7.09. The van der Waals surface area contributed by atoms with Gasteiger partial charge in [0.15, 0.2) is 0 Å². The van der Waals surface area contributed by atoms with Gasteiger partial charge in [-0.2, -0.15) is 52.7 Å². The largest absolute Gasteiger partial charge is 0.461 e. The molecular formula is C31H40F12O8. The molecule has 0 aliphatic carbocycles. The molecule has 0 heterocycles. The number of aliphatic hydroxyl groups is 1. The summed E-state index contributed by atoms with van der Waals surface area (Å²) in [6, 6.07) is 0. The molecule has 0 saturated heterocycles. The number of hydrogen-bond donors (Lipinski definition) is 1. The quantitative estimate of drug-likeness (QED) is 0.0335. The third kappa shape index (κ3) is 11.6. The number of alkyl halides is 12. The fourth-order valence-electron chi connectivity index (χ4n) is 3.77. The minimum absolute atomic E-state index is 0.156. The van der Waals surface area contributed by atoms with Crippen LogP contribution in [0.2, 0.25) is 0 Å². The first-order valence-corrected chi connectivity index (χ1v) is 15.0. The number of aliphatic hydroxyl groups excluding tert-OH is 1. The number of carbonyl (C=O) groups is 3. The topological polar surface area (TPSA) is 108 Å². The standard InChI is InChI=1S/C31H40F12O8/c1-7-8-9-10-11-12-26(32,33)28(36,37)30(40,41)31(42,43)29(38,39)27(34,35)18-48-14-25(15-49-22(45)19(2)3,16-50-23(46)20(4)5)17-51-24(47)21(6)13-44/h44H,2,4,6-18H2,1,3,5H3. The molecule has 0 spiro atoms. The molecule has 0 saturated carbocycles. The molecule has 0 radical (unpaired) electrons. The number of esters is 3. The summed E-state index contributed by atoms with van der Waals surface area (Å²) in [6.07, 6.45) is -2.23. The second-order valence-electron chi connectivity index (χ2n) is 11.9. The van der Waals surface area contributed by atoms with Crippen LogP contribution in [0, 0.1) is 5.41 Å². The molecule has 0 rings (SSSR count). The predicted octanol–water partition coefficient (Wildman–Crippen LogP) is 7.49. The van der Waals surface area contributed by atoms with Crippen LogP contribution in [0.25, 0.3) is 0 Å². The average molecular weight is 769 g/mol. The third-order valence-corrected chi connectivity index (χ3v) is 7.09. The summed E-state index contributed by atoms with van der Waals surface area (Å²) >= 11 is 0. The van der Waals surface area contributed by atoms with E-state index in [1.165, 1.54) is 0 Å². The van der Waals surface area contributed by atoms with Crippen molar-refractivity contribution < 1.29 is 91.1 Å². The maximum atomic E-state index is 14.7. The fraction of sp³-hybridized carbons (Fsp3) is 0.710. The van der Waals surface area contributed by atoms with E-state index in [0.29, 0.717) is 12.8 Å². The molecule has 0 amide bonds. The highest BCUT2D eigenvalue weighted by Crippen LogP contribution is 2.60. The SMILES string of the molecule is C=C(C)C(=O)OCC(COCC(F)(F)C(F)(F)C(F)(F)C(F)(F)C(F)(F)C(F)(F)CCCCCCC)(COC(=O)C(=C)C)COC(=O)C(=C)CO. The van der Waals surface area contributed by atoms with Crippen molar-refractivity contribution in [2.45, 2.75) is 94.8 Å². The lowest BCUT2D eigenvalue weighted by molar-refractivity contribution is -0.427. The van der Waals surface area contributed by atoms with Crippen LogP contribution < -0.4 is 0 Å². The van der Waals surface area contributed by atoms with Gasteiger partial charge < -0.3 is 24.1 Å². The molecular weight excluding hydrogens is 728 g/mol. The number of halogens is 12. The van der Waals surface area contributed by atoms with Gasteiger partial charge in [0.05, 0.1) is 24.2 Å². The molecule has 51 heavy (non-hydrogen) atoms. The van der Waals surface area contributed by atoms with Crippen LogP contribution in [0.15, 0.2) is 36.5 Å². The highest BCUT2D eigenvalue weighted by molar-refractivity contribution is 5.88. The molecule has 0 fully saturated rings. The molecule has 8 nitrogen and oxygen atoms in total. The van der Waals surface area contributed by atoms with Gasteiger partial charge in [-0.15, -0.1) is 0 Å². The maximum absolute atomic E-state index is 14.7. The van der Waals surface area contributed by atoms with Crippen molar-refractivity contribution in [3.8, 4) is 0 Å². The van der Waals surface area contributed by atoms with E-state index in [2.05, 4.69) is 24.5 Å². The van der Waals surface area contributed by atoms with Crippen molar-refractivity contribution >= 4 is 17.9 Å². The number of ether oxygens (including phenoxy) is 4. The Kier molecular flexibility index (Phi) is 17.3. The zero-order valence-electron chi connectivity index (χ0n) is 27.9. The smallest absolute Gasteiger partial charge is 0.384 e. The van der Waals surface area contributed by atoms with E-state index in [1.807, 2.05) is 0 Å². The van der Waals surface area contributed by atoms with E-state index in [4.69, 9.17) is 19.3 Å². The average Bonchev–Trinajstić information content (AvgIpc) is 3.03. The Bertz CT molecular complexity index is 1220. The zero-order valence-corrected chi connectivity index (χ0v) is 27.9. The summed E-state index contributed by atoms with van der Waals surface area (Å²) in [4.78, 5) is 36.1. The Morgan fingerprint density at radius 3 is 1.33 bits per heavy atom. The second kappa shape index (κ2) is 18.5. The summed E-state index contributed by atoms with van der Waals surface area (Å²) in [5.41, 5.74) is -3.65. The molecule has 0 unspecified atom stereocenters.